The van der Waals surface area contributed by atoms with Gasteiger partial charge in [0.05, 0.1) is 22.8 Å². The van der Waals surface area contributed by atoms with Crippen molar-refractivity contribution in [2.24, 2.45) is 0 Å². The number of rotatable bonds is 12. The summed E-state index contributed by atoms with van der Waals surface area (Å²) in [5.41, 5.74) is 19.3. The van der Waals surface area contributed by atoms with Crippen LogP contribution in [0.5, 0.6) is 0 Å². The lowest BCUT2D eigenvalue weighted by Gasteiger charge is -2.19. The summed E-state index contributed by atoms with van der Waals surface area (Å²) in [6.45, 7) is 11.1. The molecule has 0 aliphatic rings. The molecule has 0 aliphatic carbocycles. The number of pyridine rings is 4. The molecule has 0 N–H and O–H groups in total. The van der Waals surface area contributed by atoms with Crippen LogP contribution in [0, 0.1) is 0 Å². The van der Waals surface area contributed by atoms with Crippen molar-refractivity contribution < 1.29 is 0 Å². The molecule has 5 aromatic carbocycles. The van der Waals surface area contributed by atoms with Gasteiger partial charge in [0.25, 0.3) is 0 Å². The molecule has 0 fully saturated rings. The average Bonchev–Trinajstić information content (AvgIpc) is 3.37. The summed E-state index contributed by atoms with van der Waals surface area (Å²) in [6.07, 6.45) is 14.7. The molecule has 0 amide bonds. The Balaban J connectivity index is 1.12. The van der Waals surface area contributed by atoms with Crippen LogP contribution in [0.1, 0.15) is 43.0 Å². The van der Waals surface area contributed by atoms with Gasteiger partial charge in [0.1, 0.15) is 0 Å². The molecule has 4 aromatic heterocycles. The fourth-order valence-corrected chi connectivity index (χ4v) is 8.28. The van der Waals surface area contributed by atoms with Gasteiger partial charge in [-0.25, -0.2) is 0 Å². The third kappa shape index (κ3) is 9.63. The number of benzene rings is 5. The smallest absolute Gasteiger partial charge is 0.0780 e. The zero-order valence-electron chi connectivity index (χ0n) is 37.1. The maximum absolute atomic E-state index is 4.98. The van der Waals surface area contributed by atoms with Gasteiger partial charge in [-0.05, 0) is 110 Å². The Morgan fingerprint density at radius 3 is 1.57 bits per heavy atom. The molecule has 0 aliphatic heterocycles. The van der Waals surface area contributed by atoms with Crippen LogP contribution in [0.2, 0.25) is 0 Å². The summed E-state index contributed by atoms with van der Waals surface area (Å²) in [7, 11) is 0. The van der Waals surface area contributed by atoms with E-state index in [4.69, 9.17) is 9.97 Å². The van der Waals surface area contributed by atoms with Crippen LogP contribution in [0.25, 0.3) is 78.4 Å². The summed E-state index contributed by atoms with van der Waals surface area (Å²) < 4.78 is 0. The summed E-state index contributed by atoms with van der Waals surface area (Å²) in [4.78, 5) is 18.8. The predicted octanol–water partition coefficient (Wildman–Crippen LogP) is 15.5. The van der Waals surface area contributed by atoms with Gasteiger partial charge in [-0.2, -0.15) is 0 Å². The number of nitrogens with zero attached hydrogens (tertiary/aromatic N) is 4. The van der Waals surface area contributed by atoms with Crippen molar-refractivity contribution in [2.75, 3.05) is 0 Å². The van der Waals surface area contributed by atoms with Crippen molar-refractivity contribution in [3.8, 4) is 67.3 Å². The van der Waals surface area contributed by atoms with Crippen molar-refractivity contribution in [2.45, 2.75) is 32.6 Å². The van der Waals surface area contributed by atoms with Crippen LogP contribution in [0.15, 0.2) is 232 Å². The molecule has 0 saturated heterocycles. The maximum Gasteiger partial charge on any atom is 0.0780 e. The molecule has 4 heterocycles. The van der Waals surface area contributed by atoms with E-state index in [1.165, 1.54) is 16.7 Å². The maximum atomic E-state index is 4.98. The quantitative estimate of drug-likeness (QED) is 0.115. The van der Waals surface area contributed by atoms with Crippen molar-refractivity contribution in [3.63, 3.8) is 0 Å². The normalized spacial score (nSPS) is 11.9. The van der Waals surface area contributed by atoms with E-state index in [2.05, 4.69) is 189 Å². The molecule has 0 unspecified atom stereocenters. The number of hydrogen-bond acceptors (Lipinski definition) is 4. The molecular formula is C61H50N4. The van der Waals surface area contributed by atoms with E-state index in [9.17, 15) is 0 Å². The zero-order chi connectivity index (χ0) is 44.6. The molecule has 0 radical (unpaired) electrons. The predicted molar refractivity (Wildman–Crippen MR) is 272 cm³/mol. The van der Waals surface area contributed by atoms with Crippen LogP contribution in [-0.2, 0) is 11.8 Å². The Bertz CT molecular complexity index is 3120. The Hall–Kier alpha value is -8.08. The Morgan fingerprint density at radius 2 is 0.954 bits per heavy atom. The second-order valence-corrected chi connectivity index (χ2v) is 17.1. The largest absolute Gasteiger partial charge is 0.256 e. The van der Waals surface area contributed by atoms with E-state index in [-0.39, 0.29) is 5.41 Å². The second-order valence-electron chi connectivity index (χ2n) is 17.1. The highest BCUT2D eigenvalue weighted by Crippen LogP contribution is 2.37. The van der Waals surface area contributed by atoms with Gasteiger partial charge in [0.2, 0.25) is 0 Å². The van der Waals surface area contributed by atoms with Crippen molar-refractivity contribution in [3.05, 3.63) is 254 Å². The van der Waals surface area contributed by atoms with Crippen molar-refractivity contribution in [1.82, 2.24) is 19.9 Å². The standard InChI is InChI=1S/C61H50N4/c1-5-43(56-19-14-39-65-60(56)50-33-31-49(32-34-50)59-42-52(36-40-64-59)61(2,3)4)41-51(55-18-9-8-17-54(55)46-24-29-48(30-25-46)58-21-11-13-38-63-58)35-26-44-15-6-7-16-53(44)45-22-27-47(28-23-45)57-20-10-12-37-62-57/h5-25,27-42H,1,26H2,2-4H3/b43-41+,51-35+. The highest BCUT2D eigenvalue weighted by Gasteiger charge is 2.17. The molecule has 314 valence electrons. The lowest BCUT2D eigenvalue weighted by atomic mass is 9.87. The van der Waals surface area contributed by atoms with Gasteiger partial charge in [-0.15, -0.1) is 0 Å². The third-order valence-corrected chi connectivity index (χ3v) is 11.8. The van der Waals surface area contributed by atoms with Gasteiger partial charge in [0, 0.05) is 52.6 Å². The fraction of sp³-hybridized carbons (Fsp3) is 0.0820. The molecule has 4 heteroatoms. The van der Waals surface area contributed by atoms with Crippen molar-refractivity contribution >= 4 is 11.1 Å². The van der Waals surface area contributed by atoms with Crippen LogP contribution in [0.3, 0.4) is 0 Å². The third-order valence-electron chi connectivity index (χ3n) is 11.8. The van der Waals surface area contributed by atoms with E-state index in [0.29, 0.717) is 6.42 Å². The van der Waals surface area contributed by atoms with E-state index in [1.807, 2.05) is 73.3 Å². The first-order valence-corrected chi connectivity index (χ1v) is 22.1. The highest BCUT2D eigenvalue weighted by molar-refractivity contribution is 5.95. The lowest BCUT2D eigenvalue weighted by molar-refractivity contribution is 0.589. The molecule has 9 rings (SSSR count). The van der Waals surface area contributed by atoms with Gasteiger partial charge in [0.15, 0.2) is 0 Å². The first kappa shape index (κ1) is 42.2. The number of allylic oxidation sites excluding steroid dienone is 5. The van der Waals surface area contributed by atoms with Gasteiger partial charge >= 0.3 is 0 Å². The molecular weight excluding hydrogens is 789 g/mol. The summed E-state index contributed by atoms with van der Waals surface area (Å²) in [6, 6.07) is 63.8. The molecule has 0 spiro atoms. The van der Waals surface area contributed by atoms with E-state index in [1.54, 1.807) is 0 Å². The molecule has 0 bridgehead atoms. The molecule has 9 aromatic rings. The minimum absolute atomic E-state index is 0.0308. The Morgan fingerprint density at radius 1 is 0.446 bits per heavy atom. The minimum atomic E-state index is 0.0308. The summed E-state index contributed by atoms with van der Waals surface area (Å²) >= 11 is 0. The van der Waals surface area contributed by atoms with Crippen LogP contribution in [0.4, 0.5) is 0 Å². The fourth-order valence-electron chi connectivity index (χ4n) is 8.28. The Labute approximate surface area is 383 Å². The van der Waals surface area contributed by atoms with Gasteiger partial charge < -0.3 is 0 Å². The number of hydrogen-bond donors (Lipinski definition) is 0. The first-order chi connectivity index (χ1) is 31.8. The SMILES string of the molecule is C=C/C(=C\C(=C/Cc1ccccc1-c1ccc(-c2ccccn2)cc1)c1ccccc1-c1ccc(-c2ccccn2)cc1)c1cccnc1-c1ccc(-c2cc(C(C)(C)C)ccn2)cc1. The molecule has 0 saturated carbocycles. The summed E-state index contributed by atoms with van der Waals surface area (Å²) in [5, 5.41) is 0. The first-order valence-electron chi connectivity index (χ1n) is 22.1. The van der Waals surface area contributed by atoms with E-state index < -0.39 is 0 Å². The Kier molecular flexibility index (Phi) is 12.4. The van der Waals surface area contributed by atoms with E-state index in [0.717, 1.165) is 84.0 Å². The minimum Gasteiger partial charge on any atom is -0.256 e. The molecule has 0 atom stereocenters. The highest BCUT2D eigenvalue weighted by atomic mass is 14.7. The van der Waals surface area contributed by atoms with Gasteiger partial charge in [-0.1, -0.05) is 179 Å². The molecule has 4 nitrogen and oxygen atoms in total. The van der Waals surface area contributed by atoms with Gasteiger partial charge in [-0.3, -0.25) is 19.9 Å². The topological polar surface area (TPSA) is 51.6 Å². The monoisotopic (exact) mass is 838 g/mol. The molecule has 65 heavy (non-hydrogen) atoms. The van der Waals surface area contributed by atoms with Crippen LogP contribution >= 0.6 is 0 Å². The lowest BCUT2D eigenvalue weighted by Crippen LogP contribution is -2.11. The van der Waals surface area contributed by atoms with Crippen molar-refractivity contribution in [1.29, 1.82) is 0 Å². The van der Waals surface area contributed by atoms with Crippen LogP contribution in [-0.4, -0.2) is 19.9 Å². The average molecular weight is 839 g/mol. The number of aromatic nitrogens is 4. The van der Waals surface area contributed by atoms with E-state index >= 15 is 0 Å². The summed E-state index contributed by atoms with van der Waals surface area (Å²) in [5.74, 6) is 0. The zero-order valence-corrected chi connectivity index (χ0v) is 37.1. The van der Waals surface area contributed by atoms with Crippen LogP contribution < -0.4 is 0 Å². The second kappa shape index (κ2) is 19.1.